The molecule has 0 N–H and O–H groups in total. The van der Waals surface area contributed by atoms with Gasteiger partial charge in [-0.15, -0.1) is 69.1 Å². The Bertz CT molecular complexity index is 1350. The maximum absolute atomic E-state index is 4.93. The van der Waals surface area contributed by atoms with Gasteiger partial charge < -0.3 is 0 Å². The van der Waals surface area contributed by atoms with Crippen molar-refractivity contribution in [2.24, 2.45) is 0 Å². The monoisotopic (exact) mass is 776 g/mol. The van der Waals surface area contributed by atoms with Crippen LogP contribution in [-0.4, -0.2) is 9.52 Å². The molecule has 4 heteroatoms. The molecular weight excluding hydrogens is 719 g/mol. The molecule has 48 heavy (non-hydrogen) atoms. The van der Waals surface area contributed by atoms with E-state index in [2.05, 4.69) is 73.8 Å². The topological polar surface area (TPSA) is 0 Å². The van der Waals surface area contributed by atoms with Crippen molar-refractivity contribution in [3.63, 3.8) is 0 Å². The molecule has 0 aliphatic heterocycles. The SMILES string of the molecule is C[Si]C.[Cl][Zr+2][Cl].c1cc(C2CCCCC2)c2cc(C3CCCCC3)[cH-]c2c1.c1cc(C2CCCCC2)c2cc(C3CCCCC3)[cH-]c2c1. The Kier molecular flexibility index (Phi) is 16.9. The first kappa shape index (κ1) is 38.6. The van der Waals surface area contributed by atoms with Crippen molar-refractivity contribution < 1.29 is 20.8 Å². The summed E-state index contributed by atoms with van der Waals surface area (Å²) in [6, 6.07) is 24.1. The van der Waals surface area contributed by atoms with Crippen LogP contribution in [0.3, 0.4) is 0 Å². The van der Waals surface area contributed by atoms with Crippen LogP contribution in [0.25, 0.3) is 21.5 Å². The number of hydrogen-bond donors (Lipinski definition) is 0. The Labute approximate surface area is 314 Å². The summed E-state index contributed by atoms with van der Waals surface area (Å²) in [7, 11) is 11.0. The first-order chi connectivity index (χ1) is 23.7. The van der Waals surface area contributed by atoms with Crippen LogP contribution in [0.15, 0.2) is 60.7 Å². The van der Waals surface area contributed by atoms with Crippen LogP contribution in [0.4, 0.5) is 0 Å². The molecule has 4 aliphatic rings. The van der Waals surface area contributed by atoms with E-state index in [1.165, 1.54) is 139 Å². The van der Waals surface area contributed by atoms with Gasteiger partial charge in [0.25, 0.3) is 0 Å². The normalized spacial score (nSPS) is 19.8. The Hall–Kier alpha value is -0.660. The number of hydrogen-bond acceptors (Lipinski definition) is 0. The quantitative estimate of drug-likeness (QED) is 0.143. The molecule has 4 aliphatic carbocycles. The van der Waals surface area contributed by atoms with Crippen molar-refractivity contribution in [1.29, 1.82) is 0 Å². The van der Waals surface area contributed by atoms with Crippen molar-refractivity contribution in [3.8, 4) is 0 Å². The molecule has 4 fully saturated rings. The van der Waals surface area contributed by atoms with Gasteiger partial charge in [-0.2, -0.15) is 12.1 Å². The van der Waals surface area contributed by atoms with Crippen LogP contribution >= 0.6 is 17.0 Å². The van der Waals surface area contributed by atoms with E-state index in [1.54, 1.807) is 33.0 Å². The summed E-state index contributed by atoms with van der Waals surface area (Å²) < 4.78 is 0. The van der Waals surface area contributed by atoms with Gasteiger partial charge in [0.2, 0.25) is 0 Å². The summed E-state index contributed by atoms with van der Waals surface area (Å²) in [6.45, 7) is 4.31. The van der Waals surface area contributed by atoms with Crippen molar-refractivity contribution in [3.05, 3.63) is 82.9 Å². The second kappa shape index (κ2) is 21.0. The molecule has 4 aromatic rings. The van der Waals surface area contributed by atoms with Crippen LogP contribution in [0.5, 0.6) is 0 Å². The minimum Gasteiger partial charge on any atom is -0.164 e. The van der Waals surface area contributed by atoms with E-state index in [-0.39, 0.29) is 0 Å². The molecule has 0 aromatic heterocycles. The van der Waals surface area contributed by atoms with E-state index >= 15 is 0 Å². The summed E-state index contributed by atoms with van der Waals surface area (Å²) in [6.07, 6.45) is 28.5. The third-order valence-electron chi connectivity index (χ3n) is 11.9. The molecule has 0 nitrogen and oxygen atoms in total. The Morgan fingerprint density at radius 1 is 0.500 bits per heavy atom. The van der Waals surface area contributed by atoms with Gasteiger partial charge in [-0.25, -0.2) is 0 Å². The zero-order chi connectivity index (χ0) is 33.6. The van der Waals surface area contributed by atoms with Crippen molar-refractivity contribution in [2.45, 2.75) is 165 Å². The van der Waals surface area contributed by atoms with Crippen LogP contribution < -0.4 is 0 Å². The predicted octanol–water partition coefficient (Wildman–Crippen LogP) is 15.5. The van der Waals surface area contributed by atoms with Crippen LogP contribution in [-0.2, 0) is 20.8 Å². The smallest absolute Gasteiger partial charge is 0.0251 e. The molecule has 4 saturated carbocycles. The van der Waals surface area contributed by atoms with Gasteiger partial charge in [0, 0.05) is 9.52 Å². The van der Waals surface area contributed by atoms with Gasteiger partial charge in [0.1, 0.15) is 0 Å². The maximum atomic E-state index is 4.93. The second-order valence-corrected chi connectivity index (χ2v) is 19.9. The fourth-order valence-electron chi connectivity index (χ4n) is 9.45. The van der Waals surface area contributed by atoms with Gasteiger partial charge in [-0.3, -0.25) is 0 Å². The molecule has 0 bridgehead atoms. The van der Waals surface area contributed by atoms with E-state index in [0.717, 1.165) is 33.2 Å². The zero-order valence-electron chi connectivity index (χ0n) is 30.0. The summed E-state index contributed by atoms with van der Waals surface area (Å²) in [5.74, 6) is 3.32. The fourth-order valence-corrected chi connectivity index (χ4v) is 9.45. The van der Waals surface area contributed by atoms with Gasteiger partial charge in [-0.1, -0.05) is 113 Å². The minimum absolute atomic E-state index is 0.823. The van der Waals surface area contributed by atoms with Gasteiger partial charge in [-0.05, 0) is 75.0 Å². The Balaban J connectivity index is 0.000000162. The second-order valence-electron chi connectivity index (χ2n) is 15.2. The van der Waals surface area contributed by atoms with Crippen molar-refractivity contribution in [2.75, 3.05) is 0 Å². The fraction of sp³-hybridized carbons (Fsp3) is 0.591. The van der Waals surface area contributed by atoms with Crippen LogP contribution in [0.1, 0.15) is 174 Å². The van der Waals surface area contributed by atoms with E-state index in [9.17, 15) is 0 Å². The van der Waals surface area contributed by atoms with Gasteiger partial charge in [0.15, 0.2) is 0 Å². The molecule has 0 saturated heterocycles. The average molecular weight is 779 g/mol. The molecule has 0 amide bonds. The number of halogens is 2. The van der Waals surface area contributed by atoms with Crippen LogP contribution in [0.2, 0.25) is 13.1 Å². The molecule has 0 spiro atoms. The van der Waals surface area contributed by atoms with Crippen LogP contribution in [0, 0.1) is 0 Å². The minimum atomic E-state index is -0.826. The molecule has 0 atom stereocenters. The third-order valence-corrected chi connectivity index (χ3v) is 11.9. The number of rotatable bonds is 4. The average Bonchev–Trinajstić information content (AvgIpc) is 3.80. The molecular formula is C44H60Cl2SiZr. The molecule has 2 radical (unpaired) electrons. The zero-order valence-corrected chi connectivity index (χ0v) is 35.0. The number of benzene rings is 2. The first-order valence-corrected chi connectivity index (χ1v) is 27.9. The molecule has 8 rings (SSSR count). The standard InChI is InChI=1S/2C21H27.C2H6Si.2ClH.Zr/c2*1-3-8-16(9-4-1)19-14-18-12-7-13-20(21(18)15-19)17-10-5-2-6-11-17;1-3-2;;;/h2*7,12-17H,1-6,8-11H2;1-2H3;2*1H;/q2*-1;;;;+4/p-2. The van der Waals surface area contributed by atoms with E-state index in [0.29, 0.717) is 0 Å². The maximum Gasteiger partial charge on any atom is -0.0251 e. The van der Waals surface area contributed by atoms with Crippen molar-refractivity contribution >= 4 is 48.1 Å². The van der Waals surface area contributed by atoms with E-state index < -0.39 is 20.8 Å². The van der Waals surface area contributed by atoms with Gasteiger partial charge in [0.05, 0.1) is 0 Å². The van der Waals surface area contributed by atoms with E-state index in [4.69, 9.17) is 17.0 Å². The third kappa shape index (κ3) is 10.7. The molecule has 4 aromatic carbocycles. The Morgan fingerprint density at radius 3 is 1.10 bits per heavy atom. The first-order valence-electron chi connectivity index (χ1n) is 19.6. The number of fused-ring (bicyclic) bond motifs is 2. The van der Waals surface area contributed by atoms with Crippen molar-refractivity contribution in [1.82, 2.24) is 0 Å². The molecule has 0 heterocycles. The largest absolute Gasteiger partial charge is 0.164 e. The predicted molar refractivity (Wildman–Crippen MR) is 212 cm³/mol. The Morgan fingerprint density at radius 2 is 0.792 bits per heavy atom. The van der Waals surface area contributed by atoms with E-state index in [1.807, 2.05) is 0 Å². The van der Waals surface area contributed by atoms with Gasteiger partial charge >= 0.3 is 37.9 Å². The summed E-state index contributed by atoms with van der Waals surface area (Å²) >= 11 is -0.826. The molecule has 258 valence electrons. The summed E-state index contributed by atoms with van der Waals surface area (Å²) in [5.41, 5.74) is 6.56. The summed E-state index contributed by atoms with van der Waals surface area (Å²) in [5, 5.41) is 6.15. The summed E-state index contributed by atoms with van der Waals surface area (Å²) in [4.78, 5) is 0. The molecule has 0 unspecified atom stereocenters.